The summed E-state index contributed by atoms with van der Waals surface area (Å²) in [5, 5.41) is 2.89. The summed E-state index contributed by atoms with van der Waals surface area (Å²) in [5.74, 6) is 0.0432. The van der Waals surface area contributed by atoms with Gasteiger partial charge in [-0.15, -0.1) is 0 Å². The molecule has 0 bridgehead atoms. The van der Waals surface area contributed by atoms with Gasteiger partial charge in [0.25, 0.3) is 5.91 Å². The van der Waals surface area contributed by atoms with Gasteiger partial charge in [-0.2, -0.15) is 0 Å². The minimum Gasteiger partial charge on any atom is -0.383 e. The fourth-order valence-electron chi connectivity index (χ4n) is 2.76. The van der Waals surface area contributed by atoms with Crippen molar-refractivity contribution >= 4 is 17.4 Å². The van der Waals surface area contributed by atoms with Gasteiger partial charge >= 0.3 is 0 Å². The second kappa shape index (κ2) is 9.06. The zero-order valence-corrected chi connectivity index (χ0v) is 14.6. The highest BCUT2D eigenvalue weighted by atomic mass is 16.1. The van der Waals surface area contributed by atoms with E-state index in [1.165, 1.54) is 37.7 Å². The smallest absolute Gasteiger partial charge is 0.259 e. The standard InChI is InChI=1S/C20H27N3O/c1-3-4-5-6-7-8-16-9-11-17(12-10-16)23-20(24)18-15(2)13-14-22-19(18)21/h9-14H,3-8H2,1-2H3,(H2,21,22)(H,23,24). The fourth-order valence-corrected chi connectivity index (χ4v) is 2.76. The number of pyridine rings is 1. The van der Waals surface area contributed by atoms with Crippen LogP contribution in [0, 0.1) is 6.92 Å². The third kappa shape index (κ3) is 5.08. The third-order valence-corrected chi connectivity index (χ3v) is 4.20. The Bertz CT molecular complexity index is 645. The van der Waals surface area contributed by atoms with Crippen LogP contribution in [0.3, 0.4) is 0 Å². The highest BCUT2D eigenvalue weighted by molar-refractivity contribution is 6.08. The Labute approximate surface area is 144 Å². The molecule has 0 aliphatic carbocycles. The number of unbranched alkanes of at least 4 members (excludes halogenated alkanes) is 4. The van der Waals surface area contributed by atoms with Gasteiger partial charge in [0.1, 0.15) is 5.82 Å². The summed E-state index contributed by atoms with van der Waals surface area (Å²) in [4.78, 5) is 16.4. The van der Waals surface area contributed by atoms with Crippen molar-refractivity contribution in [2.24, 2.45) is 0 Å². The van der Waals surface area contributed by atoms with E-state index in [2.05, 4.69) is 29.4 Å². The van der Waals surface area contributed by atoms with Gasteiger partial charge in [0.2, 0.25) is 0 Å². The van der Waals surface area contributed by atoms with Crippen LogP contribution in [0.5, 0.6) is 0 Å². The molecule has 4 nitrogen and oxygen atoms in total. The number of nitrogens with two attached hydrogens (primary N) is 1. The van der Waals surface area contributed by atoms with Gasteiger partial charge in [0.15, 0.2) is 0 Å². The van der Waals surface area contributed by atoms with Gasteiger partial charge in [-0.3, -0.25) is 4.79 Å². The van der Waals surface area contributed by atoms with Gasteiger partial charge in [-0.1, -0.05) is 44.7 Å². The van der Waals surface area contributed by atoms with Crippen molar-refractivity contribution in [3.05, 3.63) is 53.2 Å². The second-order valence-corrected chi connectivity index (χ2v) is 6.20. The number of benzene rings is 1. The summed E-state index contributed by atoms with van der Waals surface area (Å²) >= 11 is 0. The number of nitrogen functional groups attached to an aromatic ring is 1. The first kappa shape index (κ1) is 18.0. The number of carbonyl (C=O) groups is 1. The molecule has 0 saturated heterocycles. The van der Waals surface area contributed by atoms with E-state index in [9.17, 15) is 4.79 Å². The molecule has 0 unspecified atom stereocenters. The molecule has 1 heterocycles. The van der Waals surface area contributed by atoms with E-state index >= 15 is 0 Å². The van der Waals surface area contributed by atoms with Gasteiger partial charge in [0, 0.05) is 11.9 Å². The lowest BCUT2D eigenvalue weighted by atomic mass is 10.1. The normalized spacial score (nSPS) is 10.6. The van der Waals surface area contributed by atoms with E-state index in [-0.39, 0.29) is 11.7 Å². The number of rotatable bonds is 8. The molecule has 0 atom stereocenters. The lowest BCUT2D eigenvalue weighted by molar-refractivity contribution is 0.102. The van der Waals surface area contributed by atoms with E-state index < -0.39 is 0 Å². The number of hydrogen-bond acceptors (Lipinski definition) is 3. The van der Waals surface area contributed by atoms with Crippen molar-refractivity contribution in [3.63, 3.8) is 0 Å². The highest BCUT2D eigenvalue weighted by Crippen LogP contribution is 2.17. The fraction of sp³-hybridized carbons (Fsp3) is 0.400. The predicted molar refractivity (Wildman–Crippen MR) is 100 cm³/mol. The SMILES string of the molecule is CCCCCCCc1ccc(NC(=O)c2c(C)ccnc2N)cc1. The maximum absolute atomic E-state index is 12.4. The van der Waals surface area contributed by atoms with Gasteiger partial charge in [-0.05, 0) is 49.1 Å². The molecule has 1 amide bonds. The quantitative estimate of drug-likeness (QED) is 0.689. The third-order valence-electron chi connectivity index (χ3n) is 4.20. The highest BCUT2D eigenvalue weighted by Gasteiger charge is 2.13. The molecule has 2 aromatic rings. The molecule has 0 spiro atoms. The summed E-state index contributed by atoms with van der Waals surface area (Å²) in [5.41, 5.74) is 9.16. The number of nitrogens with zero attached hydrogens (tertiary/aromatic N) is 1. The summed E-state index contributed by atoms with van der Waals surface area (Å²) in [7, 11) is 0. The Morgan fingerprint density at radius 2 is 1.79 bits per heavy atom. The van der Waals surface area contributed by atoms with E-state index in [0.29, 0.717) is 5.56 Å². The molecule has 1 aromatic carbocycles. The van der Waals surface area contributed by atoms with Crippen LogP contribution in [0.25, 0.3) is 0 Å². The molecule has 128 valence electrons. The molecule has 4 heteroatoms. The summed E-state index contributed by atoms with van der Waals surface area (Å²) in [6.07, 6.45) is 9.11. The molecule has 0 fully saturated rings. The Hall–Kier alpha value is -2.36. The average molecular weight is 325 g/mol. The van der Waals surface area contributed by atoms with Crippen LogP contribution in [0.4, 0.5) is 11.5 Å². The molecule has 0 radical (unpaired) electrons. The van der Waals surface area contributed by atoms with Crippen molar-refractivity contribution in [3.8, 4) is 0 Å². The Kier molecular flexibility index (Phi) is 6.79. The summed E-state index contributed by atoms with van der Waals surface area (Å²) < 4.78 is 0. The molecule has 0 saturated carbocycles. The summed E-state index contributed by atoms with van der Waals surface area (Å²) in [6.45, 7) is 4.09. The van der Waals surface area contributed by atoms with E-state index in [1.54, 1.807) is 12.3 Å². The molecular weight excluding hydrogens is 298 g/mol. The van der Waals surface area contributed by atoms with E-state index in [1.807, 2.05) is 19.1 Å². The first-order chi connectivity index (χ1) is 11.6. The van der Waals surface area contributed by atoms with Crippen molar-refractivity contribution in [1.82, 2.24) is 4.98 Å². The average Bonchev–Trinajstić information content (AvgIpc) is 2.56. The van der Waals surface area contributed by atoms with Crippen LogP contribution in [-0.2, 0) is 6.42 Å². The van der Waals surface area contributed by atoms with Crippen molar-refractivity contribution in [2.45, 2.75) is 52.4 Å². The number of amides is 1. The van der Waals surface area contributed by atoms with Gasteiger partial charge in [-0.25, -0.2) is 4.98 Å². The summed E-state index contributed by atoms with van der Waals surface area (Å²) in [6, 6.07) is 9.83. The minimum atomic E-state index is -0.217. The van der Waals surface area contributed by atoms with Crippen LogP contribution < -0.4 is 11.1 Å². The number of aryl methyl sites for hydroxylation is 2. The number of nitrogens with one attached hydrogen (secondary N) is 1. The van der Waals surface area contributed by atoms with Crippen LogP contribution in [-0.4, -0.2) is 10.9 Å². The maximum Gasteiger partial charge on any atom is 0.259 e. The Balaban J connectivity index is 1.90. The van der Waals surface area contributed by atoms with Crippen LogP contribution in [0.2, 0.25) is 0 Å². The first-order valence-electron chi connectivity index (χ1n) is 8.73. The minimum absolute atomic E-state index is 0.217. The predicted octanol–water partition coefficient (Wildman–Crippen LogP) is 4.74. The number of hydrogen-bond donors (Lipinski definition) is 2. The van der Waals surface area contributed by atoms with Crippen molar-refractivity contribution < 1.29 is 4.79 Å². The van der Waals surface area contributed by atoms with E-state index in [0.717, 1.165) is 17.7 Å². The Morgan fingerprint density at radius 1 is 1.08 bits per heavy atom. The molecular formula is C20H27N3O. The van der Waals surface area contributed by atoms with Crippen LogP contribution in [0.15, 0.2) is 36.5 Å². The van der Waals surface area contributed by atoms with Crippen LogP contribution in [0.1, 0.15) is 60.5 Å². The number of aromatic nitrogens is 1. The first-order valence-corrected chi connectivity index (χ1v) is 8.73. The molecule has 0 aliphatic heterocycles. The second-order valence-electron chi connectivity index (χ2n) is 6.20. The zero-order valence-electron chi connectivity index (χ0n) is 14.6. The lowest BCUT2D eigenvalue weighted by Crippen LogP contribution is -2.16. The Morgan fingerprint density at radius 3 is 2.46 bits per heavy atom. The van der Waals surface area contributed by atoms with E-state index in [4.69, 9.17) is 5.73 Å². The lowest BCUT2D eigenvalue weighted by Gasteiger charge is -2.10. The number of carbonyl (C=O) groups excluding carboxylic acids is 1. The largest absolute Gasteiger partial charge is 0.383 e. The molecule has 0 aliphatic rings. The molecule has 1 aromatic heterocycles. The number of anilines is 2. The van der Waals surface area contributed by atoms with Gasteiger partial charge < -0.3 is 11.1 Å². The monoisotopic (exact) mass is 325 g/mol. The van der Waals surface area contributed by atoms with Crippen LogP contribution >= 0.6 is 0 Å². The van der Waals surface area contributed by atoms with Crippen molar-refractivity contribution in [2.75, 3.05) is 11.1 Å². The molecule has 2 rings (SSSR count). The molecule has 24 heavy (non-hydrogen) atoms. The zero-order chi connectivity index (χ0) is 17.4. The van der Waals surface area contributed by atoms with Gasteiger partial charge in [0.05, 0.1) is 5.56 Å². The maximum atomic E-state index is 12.4. The topological polar surface area (TPSA) is 68.0 Å². The van der Waals surface area contributed by atoms with Crippen molar-refractivity contribution in [1.29, 1.82) is 0 Å². The molecule has 3 N–H and O–H groups in total.